The van der Waals surface area contributed by atoms with E-state index < -0.39 is 10.0 Å². The SMILES string of the molecule is CNC(=O)C1CCN(S(=O)(=O)c2ccccc2O)CC1. The smallest absolute Gasteiger partial charge is 0.246 e. The number of amides is 1. The highest BCUT2D eigenvalue weighted by atomic mass is 32.2. The van der Waals surface area contributed by atoms with Crippen molar-refractivity contribution in [2.24, 2.45) is 5.92 Å². The Labute approximate surface area is 118 Å². The van der Waals surface area contributed by atoms with E-state index in [1.165, 1.54) is 16.4 Å². The van der Waals surface area contributed by atoms with Crippen molar-refractivity contribution < 1.29 is 18.3 Å². The number of phenolic OH excluding ortho intramolecular Hbond substituents is 1. The Morgan fingerprint density at radius 1 is 1.30 bits per heavy atom. The van der Waals surface area contributed by atoms with Gasteiger partial charge in [-0.25, -0.2) is 8.42 Å². The molecule has 0 unspecified atom stereocenters. The van der Waals surface area contributed by atoms with Crippen molar-refractivity contribution in [3.05, 3.63) is 24.3 Å². The van der Waals surface area contributed by atoms with E-state index in [0.29, 0.717) is 12.8 Å². The summed E-state index contributed by atoms with van der Waals surface area (Å²) in [6.07, 6.45) is 0.985. The second-order valence-corrected chi connectivity index (χ2v) is 6.67. The fraction of sp³-hybridized carbons (Fsp3) is 0.462. The number of piperidine rings is 1. The molecule has 2 N–H and O–H groups in total. The van der Waals surface area contributed by atoms with Crippen LogP contribution in [0, 0.1) is 5.92 Å². The zero-order valence-electron chi connectivity index (χ0n) is 11.2. The van der Waals surface area contributed by atoms with Gasteiger partial charge in [-0.3, -0.25) is 4.79 Å². The Bertz CT molecular complexity index is 592. The maximum Gasteiger partial charge on any atom is 0.246 e. The first-order valence-electron chi connectivity index (χ1n) is 6.46. The Hall–Kier alpha value is -1.60. The number of para-hydroxylation sites is 1. The third kappa shape index (κ3) is 2.78. The Morgan fingerprint density at radius 3 is 2.45 bits per heavy atom. The second-order valence-electron chi connectivity index (χ2n) is 4.76. The molecule has 0 radical (unpaired) electrons. The van der Waals surface area contributed by atoms with Crippen LogP contribution in [0.2, 0.25) is 0 Å². The predicted molar refractivity (Wildman–Crippen MR) is 73.7 cm³/mol. The molecule has 1 fully saturated rings. The van der Waals surface area contributed by atoms with Crippen LogP contribution in [-0.2, 0) is 14.8 Å². The predicted octanol–water partition coefficient (Wildman–Crippen LogP) is 0.539. The van der Waals surface area contributed by atoms with Crippen LogP contribution in [0.15, 0.2) is 29.2 Å². The van der Waals surface area contributed by atoms with Gasteiger partial charge in [0.05, 0.1) is 0 Å². The maximum absolute atomic E-state index is 12.4. The van der Waals surface area contributed by atoms with E-state index in [4.69, 9.17) is 0 Å². The molecule has 7 heteroatoms. The molecule has 0 aliphatic carbocycles. The van der Waals surface area contributed by atoms with Crippen LogP contribution in [0.25, 0.3) is 0 Å². The average molecular weight is 298 g/mol. The minimum absolute atomic E-state index is 0.0513. The molecule has 2 rings (SSSR count). The number of aromatic hydroxyl groups is 1. The fourth-order valence-electron chi connectivity index (χ4n) is 2.38. The third-order valence-corrected chi connectivity index (χ3v) is 5.50. The summed E-state index contributed by atoms with van der Waals surface area (Å²) in [5.74, 6) is -0.443. The molecule has 6 nitrogen and oxygen atoms in total. The highest BCUT2D eigenvalue weighted by Gasteiger charge is 2.32. The minimum Gasteiger partial charge on any atom is -0.507 e. The van der Waals surface area contributed by atoms with E-state index in [-0.39, 0.29) is 35.6 Å². The number of carbonyl (C=O) groups excluding carboxylic acids is 1. The zero-order chi connectivity index (χ0) is 14.8. The first-order chi connectivity index (χ1) is 9.46. The van der Waals surface area contributed by atoms with E-state index in [2.05, 4.69) is 5.32 Å². The van der Waals surface area contributed by atoms with Crippen molar-refractivity contribution in [2.75, 3.05) is 20.1 Å². The van der Waals surface area contributed by atoms with Crippen LogP contribution in [0.3, 0.4) is 0 Å². The summed E-state index contributed by atoms with van der Waals surface area (Å²) in [6.45, 7) is 0.573. The van der Waals surface area contributed by atoms with Gasteiger partial charge in [0.25, 0.3) is 0 Å². The normalized spacial score (nSPS) is 17.9. The molecule has 110 valence electrons. The van der Waals surface area contributed by atoms with E-state index in [1.807, 2.05) is 0 Å². The van der Waals surface area contributed by atoms with Crippen LogP contribution >= 0.6 is 0 Å². The number of phenols is 1. The quantitative estimate of drug-likeness (QED) is 0.852. The molecular weight excluding hydrogens is 280 g/mol. The topological polar surface area (TPSA) is 86.7 Å². The molecule has 1 heterocycles. The van der Waals surface area contributed by atoms with Crippen LogP contribution in [0.5, 0.6) is 5.75 Å². The molecule has 0 saturated carbocycles. The Balaban J connectivity index is 2.14. The van der Waals surface area contributed by atoms with Crippen LogP contribution in [0.4, 0.5) is 0 Å². The van der Waals surface area contributed by atoms with E-state index in [1.54, 1.807) is 19.2 Å². The van der Waals surface area contributed by atoms with Crippen LogP contribution in [-0.4, -0.2) is 43.9 Å². The number of hydrogen-bond acceptors (Lipinski definition) is 4. The number of nitrogens with zero attached hydrogens (tertiary/aromatic N) is 1. The first kappa shape index (κ1) is 14.8. The molecule has 1 aliphatic rings. The van der Waals surface area contributed by atoms with Crippen molar-refractivity contribution in [2.45, 2.75) is 17.7 Å². The lowest BCUT2D eigenvalue weighted by atomic mass is 9.97. The molecule has 1 amide bonds. The van der Waals surface area contributed by atoms with Crippen molar-refractivity contribution in [1.82, 2.24) is 9.62 Å². The molecule has 1 aromatic carbocycles. The van der Waals surface area contributed by atoms with Gasteiger partial charge in [-0.15, -0.1) is 0 Å². The van der Waals surface area contributed by atoms with Gasteiger partial charge < -0.3 is 10.4 Å². The number of carbonyl (C=O) groups is 1. The average Bonchev–Trinajstić information content (AvgIpc) is 2.47. The van der Waals surface area contributed by atoms with Gasteiger partial charge in [-0.2, -0.15) is 4.31 Å². The minimum atomic E-state index is -3.70. The number of sulfonamides is 1. The van der Waals surface area contributed by atoms with E-state index in [0.717, 1.165) is 0 Å². The maximum atomic E-state index is 12.4. The van der Waals surface area contributed by atoms with Gasteiger partial charge in [0, 0.05) is 26.1 Å². The van der Waals surface area contributed by atoms with Crippen molar-refractivity contribution in [1.29, 1.82) is 0 Å². The fourth-order valence-corrected chi connectivity index (χ4v) is 3.93. The van der Waals surface area contributed by atoms with Crippen molar-refractivity contribution in [3.63, 3.8) is 0 Å². The van der Waals surface area contributed by atoms with Gasteiger partial charge in [-0.05, 0) is 25.0 Å². The summed E-state index contributed by atoms with van der Waals surface area (Å²) in [6, 6.07) is 5.88. The number of benzene rings is 1. The molecule has 0 bridgehead atoms. The zero-order valence-corrected chi connectivity index (χ0v) is 12.1. The van der Waals surface area contributed by atoms with Gasteiger partial charge >= 0.3 is 0 Å². The lowest BCUT2D eigenvalue weighted by Gasteiger charge is -2.30. The molecule has 0 spiro atoms. The van der Waals surface area contributed by atoms with Gasteiger partial charge in [0.1, 0.15) is 10.6 Å². The highest BCUT2D eigenvalue weighted by molar-refractivity contribution is 7.89. The molecule has 0 aromatic heterocycles. The molecular formula is C13H18N2O4S. The standard InChI is InChI=1S/C13H18N2O4S/c1-14-13(17)10-6-8-15(9-7-10)20(18,19)12-5-3-2-4-11(12)16/h2-5,10,16H,6-9H2,1H3,(H,14,17). The molecule has 0 atom stereocenters. The summed E-state index contributed by atoms with van der Waals surface area (Å²) < 4.78 is 26.2. The van der Waals surface area contributed by atoms with Crippen LogP contribution in [0.1, 0.15) is 12.8 Å². The Kier molecular flexibility index (Phi) is 4.29. The number of nitrogens with one attached hydrogen (secondary N) is 1. The van der Waals surface area contributed by atoms with Gasteiger partial charge in [0.15, 0.2) is 0 Å². The van der Waals surface area contributed by atoms with Crippen molar-refractivity contribution >= 4 is 15.9 Å². The summed E-state index contributed by atoms with van der Waals surface area (Å²) in [4.78, 5) is 11.4. The second kappa shape index (κ2) is 5.80. The Morgan fingerprint density at radius 2 is 1.90 bits per heavy atom. The van der Waals surface area contributed by atoms with Gasteiger partial charge in [-0.1, -0.05) is 12.1 Å². The van der Waals surface area contributed by atoms with Crippen molar-refractivity contribution in [3.8, 4) is 5.75 Å². The van der Waals surface area contributed by atoms with Crippen LogP contribution < -0.4 is 5.32 Å². The summed E-state index contributed by atoms with van der Waals surface area (Å²) in [5.41, 5.74) is 0. The molecule has 20 heavy (non-hydrogen) atoms. The summed E-state index contributed by atoms with van der Waals surface area (Å²) >= 11 is 0. The molecule has 1 aliphatic heterocycles. The summed E-state index contributed by atoms with van der Waals surface area (Å²) in [5, 5.41) is 12.3. The molecule has 1 saturated heterocycles. The monoisotopic (exact) mass is 298 g/mol. The van der Waals surface area contributed by atoms with Gasteiger partial charge in [0.2, 0.25) is 15.9 Å². The largest absolute Gasteiger partial charge is 0.507 e. The van der Waals surface area contributed by atoms with E-state index >= 15 is 0 Å². The third-order valence-electron chi connectivity index (χ3n) is 3.55. The number of hydrogen-bond donors (Lipinski definition) is 2. The molecule has 1 aromatic rings. The first-order valence-corrected chi connectivity index (χ1v) is 7.90. The highest BCUT2D eigenvalue weighted by Crippen LogP contribution is 2.28. The van der Waals surface area contributed by atoms with E-state index in [9.17, 15) is 18.3 Å². The lowest BCUT2D eigenvalue weighted by Crippen LogP contribution is -2.42. The lowest BCUT2D eigenvalue weighted by molar-refractivity contribution is -0.125. The summed E-state index contributed by atoms with van der Waals surface area (Å²) in [7, 11) is -2.12. The number of rotatable bonds is 3.